The van der Waals surface area contributed by atoms with Gasteiger partial charge < -0.3 is 4.74 Å². The normalized spacial score (nSPS) is 10.6. The topological polar surface area (TPSA) is 39.2 Å². The van der Waals surface area contributed by atoms with Crippen LogP contribution in [0.4, 0.5) is 8.78 Å². The van der Waals surface area contributed by atoms with Gasteiger partial charge in [-0.3, -0.25) is 9.78 Å². The zero-order chi connectivity index (χ0) is 15.1. The molecule has 1 aromatic carbocycles. The minimum Gasteiger partial charge on any atom is -0.373 e. The number of halogens is 2. The summed E-state index contributed by atoms with van der Waals surface area (Å²) in [5, 5.41) is 0. The number of benzene rings is 1. The Hall–Kier alpha value is -2.14. The minimum atomic E-state index is -0.861. The highest BCUT2D eigenvalue weighted by Crippen LogP contribution is 2.13. The zero-order valence-corrected chi connectivity index (χ0v) is 11.4. The van der Waals surface area contributed by atoms with Gasteiger partial charge in [-0.1, -0.05) is 6.07 Å². The lowest BCUT2D eigenvalue weighted by Crippen LogP contribution is -2.13. The van der Waals surface area contributed by atoms with E-state index in [4.69, 9.17) is 4.74 Å². The van der Waals surface area contributed by atoms with Gasteiger partial charge in [0.2, 0.25) is 0 Å². The van der Waals surface area contributed by atoms with E-state index < -0.39 is 23.0 Å². The Bertz CT molecular complexity index is 582. The quantitative estimate of drug-likeness (QED) is 0.581. The van der Waals surface area contributed by atoms with Crippen LogP contribution >= 0.6 is 0 Å². The van der Waals surface area contributed by atoms with E-state index in [2.05, 4.69) is 4.98 Å². The van der Waals surface area contributed by atoms with E-state index in [1.165, 1.54) is 6.07 Å². The van der Waals surface area contributed by atoms with E-state index in [0.717, 1.165) is 30.5 Å². The second-order valence-electron chi connectivity index (χ2n) is 4.53. The molecule has 2 aromatic rings. The van der Waals surface area contributed by atoms with Gasteiger partial charge in [-0.25, -0.2) is 8.78 Å². The molecule has 0 amide bonds. The maximum absolute atomic E-state index is 13.4. The molecule has 0 bridgehead atoms. The first kappa shape index (κ1) is 15.3. The number of aryl methyl sites for hydroxylation is 1. The summed E-state index contributed by atoms with van der Waals surface area (Å²) in [5.74, 6) is -2.41. The van der Waals surface area contributed by atoms with Crippen molar-refractivity contribution < 1.29 is 18.3 Å². The summed E-state index contributed by atoms with van der Waals surface area (Å²) in [6.07, 6.45) is 4.93. The van der Waals surface area contributed by atoms with Crippen LogP contribution in [-0.4, -0.2) is 24.0 Å². The van der Waals surface area contributed by atoms with Crippen LogP contribution in [0, 0.1) is 11.6 Å². The molecular weight excluding hydrogens is 276 g/mol. The molecule has 2 rings (SSSR count). The lowest BCUT2D eigenvalue weighted by Gasteiger charge is -2.06. The van der Waals surface area contributed by atoms with Gasteiger partial charge in [-0.2, -0.15) is 0 Å². The van der Waals surface area contributed by atoms with Gasteiger partial charge in [0.05, 0.1) is 5.56 Å². The number of carbonyl (C=O) groups excluding carboxylic acids is 1. The number of Topliss-reactive ketones (excluding diaryl/α,β-unsaturated/α-hetero) is 1. The van der Waals surface area contributed by atoms with Crippen molar-refractivity contribution in [1.82, 2.24) is 4.98 Å². The van der Waals surface area contributed by atoms with Gasteiger partial charge in [0, 0.05) is 19.0 Å². The van der Waals surface area contributed by atoms with Gasteiger partial charge in [0.15, 0.2) is 5.78 Å². The second-order valence-corrected chi connectivity index (χ2v) is 4.53. The second kappa shape index (κ2) is 7.59. The van der Waals surface area contributed by atoms with Crippen molar-refractivity contribution in [2.75, 3.05) is 13.2 Å². The molecule has 0 radical (unpaired) electrons. The fourth-order valence-electron chi connectivity index (χ4n) is 1.93. The van der Waals surface area contributed by atoms with E-state index in [-0.39, 0.29) is 6.61 Å². The number of ether oxygens (including phenoxy) is 1. The molecule has 0 aliphatic rings. The predicted octanol–water partition coefficient (Wildman–Crippen LogP) is 3.19. The summed E-state index contributed by atoms with van der Waals surface area (Å²) in [7, 11) is 0. The summed E-state index contributed by atoms with van der Waals surface area (Å²) >= 11 is 0. The molecule has 1 heterocycles. The summed E-state index contributed by atoms with van der Waals surface area (Å²) in [4.78, 5) is 15.6. The minimum absolute atomic E-state index is 0.325. The Kier molecular flexibility index (Phi) is 5.51. The molecular formula is C16H15F2NO2. The predicted molar refractivity (Wildman–Crippen MR) is 74.1 cm³/mol. The lowest BCUT2D eigenvalue weighted by molar-refractivity contribution is 0.0747. The first-order valence-electron chi connectivity index (χ1n) is 6.62. The number of hydrogen-bond acceptors (Lipinski definition) is 3. The Morgan fingerprint density at radius 2 is 1.76 bits per heavy atom. The number of rotatable bonds is 7. The zero-order valence-electron chi connectivity index (χ0n) is 11.4. The molecule has 0 aliphatic heterocycles. The van der Waals surface area contributed by atoms with Crippen LogP contribution in [0.1, 0.15) is 22.3 Å². The Labute approximate surface area is 121 Å². The van der Waals surface area contributed by atoms with Crippen LogP contribution in [0.5, 0.6) is 0 Å². The van der Waals surface area contributed by atoms with Crippen LogP contribution in [0.3, 0.4) is 0 Å². The third-order valence-corrected chi connectivity index (χ3v) is 2.98. The molecule has 110 valence electrons. The third kappa shape index (κ3) is 4.43. The van der Waals surface area contributed by atoms with Crippen molar-refractivity contribution in [3.8, 4) is 0 Å². The van der Waals surface area contributed by atoms with E-state index in [0.29, 0.717) is 6.61 Å². The first-order valence-corrected chi connectivity index (χ1v) is 6.62. The number of hydrogen-bond donors (Lipinski definition) is 0. The summed E-state index contributed by atoms with van der Waals surface area (Å²) in [6.45, 7) is 0.0261. The highest BCUT2D eigenvalue weighted by molar-refractivity contribution is 5.97. The average Bonchev–Trinajstić information content (AvgIpc) is 2.48. The molecule has 0 spiro atoms. The number of carbonyl (C=O) groups is 1. The van der Waals surface area contributed by atoms with Crippen molar-refractivity contribution in [3.63, 3.8) is 0 Å². The summed E-state index contributed by atoms with van der Waals surface area (Å²) in [5.41, 5.74) is 0.590. The monoisotopic (exact) mass is 291 g/mol. The smallest absolute Gasteiger partial charge is 0.194 e. The van der Waals surface area contributed by atoms with E-state index in [9.17, 15) is 13.6 Å². The van der Waals surface area contributed by atoms with Gasteiger partial charge in [0.25, 0.3) is 0 Å². The molecule has 0 atom stereocenters. The van der Waals surface area contributed by atoms with Gasteiger partial charge in [0.1, 0.15) is 18.2 Å². The Morgan fingerprint density at radius 3 is 2.43 bits per heavy atom. The van der Waals surface area contributed by atoms with Crippen LogP contribution < -0.4 is 0 Å². The van der Waals surface area contributed by atoms with Crippen molar-refractivity contribution in [2.24, 2.45) is 0 Å². The van der Waals surface area contributed by atoms with Crippen LogP contribution in [0.25, 0.3) is 0 Å². The molecule has 21 heavy (non-hydrogen) atoms. The Morgan fingerprint density at radius 1 is 1.10 bits per heavy atom. The molecule has 0 saturated carbocycles. The van der Waals surface area contributed by atoms with Crippen LogP contribution in [-0.2, 0) is 11.2 Å². The van der Waals surface area contributed by atoms with Crippen molar-refractivity contribution in [3.05, 3.63) is 65.5 Å². The maximum Gasteiger partial charge on any atom is 0.194 e. The largest absolute Gasteiger partial charge is 0.373 e. The molecule has 1 aromatic heterocycles. The van der Waals surface area contributed by atoms with Crippen molar-refractivity contribution in [2.45, 2.75) is 12.8 Å². The fraction of sp³-hybridized carbons (Fsp3) is 0.250. The maximum atomic E-state index is 13.4. The van der Waals surface area contributed by atoms with Crippen molar-refractivity contribution in [1.29, 1.82) is 0 Å². The number of aromatic nitrogens is 1. The highest BCUT2D eigenvalue weighted by atomic mass is 19.1. The molecule has 0 saturated heterocycles. The third-order valence-electron chi connectivity index (χ3n) is 2.98. The Balaban J connectivity index is 1.75. The van der Waals surface area contributed by atoms with E-state index in [1.54, 1.807) is 12.4 Å². The fourth-order valence-corrected chi connectivity index (χ4v) is 1.93. The molecule has 0 aliphatic carbocycles. The first-order chi connectivity index (χ1) is 10.2. The van der Waals surface area contributed by atoms with Crippen molar-refractivity contribution >= 4 is 5.78 Å². The SMILES string of the molecule is O=C(COCCCc1ccncc1)c1c(F)cccc1F. The highest BCUT2D eigenvalue weighted by Gasteiger charge is 2.16. The van der Waals surface area contributed by atoms with Gasteiger partial charge >= 0.3 is 0 Å². The van der Waals surface area contributed by atoms with Crippen LogP contribution in [0.15, 0.2) is 42.7 Å². The standard InChI is InChI=1S/C16H15F2NO2/c17-13-4-1-5-14(18)16(13)15(20)11-21-10-2-3-12-6-8-19-9-7-12/h1,4-9H,2-3,10-11H2. The number of pyridine rings is 1. The molecule has 5 heteroatoms. The summed E-state index contributed by atoms with van der Waals surface area (Å²) < 4.78 is 31.9. The average molecular weight is 291 g/mol. The van der Waals surface area contributed by atoms with Gasteiger partial charge in [-0.15, -0.1) is 0 Å². The number of ketones is 1. The molecule has 0 unspecified atom stereocenters. The summed E-state index contributed by atoms with van der Waals surface area (Å²) in [6, 6.07) is 7.14. The lowest BCUT2D eigenvalue weighted by atomic mass is 10.1. The number of nitrogens with zero attached hydrogens (tertiary/aromatic N) is 1. The van der Waals surface area contributed by atoms with Crippen LogP contribution in [0.2, 0.25) is 0 Å². The molecule has 0 N–H and O–H groups in total. The molecule has 0 fully saturated rings. The van der Waals surface area contributed by atoms with E-state index in [1.807, 2.05) is 12.1 Å². The van der Waals surface area contributed by atoms with Gasteiger partial charge in [-0.05, 0) is 42.7 Å². The van der Waals surface area contributed by atoms with E-state index >= 15 is 0 Å². The molecule has 3 nitrogen and oxygen atoms in total.